The summed E-state index contributed by atoms with van der Waals surface area (Å²) in [6.45, 7) is 11.0. The van der Waals surface area contributed by atoms with Crippen LogP contribution in [0.4, 0.5) is 10.5 Å². The fourth-order valence-corrected chi connectivity index (χ4v) is 11.4. The topological polar surface area (TPSA) is 211 Å². The van der Waals surface area contributed by atoms with Crippen molar-refractivity contribution in [1.29, 1.82) is 0 Å². The van der Waals surface area contributed by atoms with Crippen LogP contribution in [0.25, 0.3) is 0 Å². The lowest BCUT2D eigenvalue weighted by Crippen LogP contribution is -2.63. The maximum Gasteiger partial charge on any atom is 0.409 e. The molecule has 9 atom stereocenters. The molecule has 1 aliphatic carbocycles. The van der Waals surface area contributed by atoms with Crippen LogP contribution in [-0.2, 0) is 54.1 Å². The molecule has 0 unspecified atom stereocenters. The number of imide groups is 1. The number of ketones is 1. The number of benzene rings is 1. The van der Waals surface area contributed by atoms with Gasteiger partial charge in [0, 0.05) is 70.5 Å². The molecule has 4 bridgehead atoms. The Morgan fingerprint density at radius 1 is 1.06 bits per heavy atom. The van der Waals surface area contributed by atoms with Crippen molar-refractivity contribution in [2.24, 2.45) is 23.7 Å². The van der Waals surface area contributed by atoms with Crippen molar-refractivity contribution < 1.29 is 62.4 Å². The van der Waals surface area contributed by atoms with E-state index in [2.05, 4.69) is 5.32 Å². The summed E-state index contributed by atoms with van der Waals surface area (Å²) in [4.78, 5) is 97.8. The van der Waals surface area contributed by atoms with E-state index >= 15 is 0 Å². The van der Waals surface area contributed by atoms with Crippen molar-refractivity contribution in [3.63, 3.8) is 0 Å². The summed E-state index contributed by atoms with van der Waals surface area (Å²) in [6.07, 6.45) is 3.59. The van der Waals surface area contributed by atoms with Gasteiger partial charge in [-0.25, -0.2) is 9.59 Å². The molecule has 6 rings (SSSR count). The van der Waals surface area contributed by atoms with E-state index in [-0.39, 0.29) is 71.8 Å². The average molecular weight is 1000 g/mol. The van der Waals surface area contributed by atoms with Crippen molar-refractivity contribution >= 4 is 70.5 Å². The Bertz CT molecular complexity index is 2210. The molecule has 4 heterocycles. The van der Waals surface area contributed by atoms with Gasteiger partial charge in [0.15, 0.2) is 5.72 Å². The summed E-state index contributed by atoms with van der Waals surface area (Å²) in [5.41, 5.74) is -1.13. The number of anilines is 1. The number of alkyl carbamates (subject to hydrolysis) is 1. The quantitative estimate of drug-likeness (QED) is 0.136. The van der Waals surface area contributed by atoms with Gasteiger partial charge in [0.2, 0.25) is 23.6 Å². The molecule has 0 spiro atoms. The van der Waals surface area contributed by atoms with E-state index in [0.29, 0.717) is 24.4 Å². The number of allylic oxidation sites excluding steroid dienone is 3. The van der Waals surface area contributed by atoms with Gasteiger partial charge < -0.3 is 38.6 Å². The zero-order valence-corrected chi connectivity index (χ0v) is 43.0. The highest BCUT2D eigenvalue weighted by Crippen LogP contribution is 2.49. The SMILES string of the molecule is COc1cc2cc(c1Cl)N(C)C(=O)C[C@H](OC(=O)[C@H](C)N(C)C(=O)CCS[C@@H]1CC(=O)N(C[C@H]3CC[C@H](C(=O)C(C)C)CC3)C1=O)[C@]1(C)O[C@H]1[C@H](C)[C@@H]1C[C@@](O)(NC(=O)O1)[C@H](OC)/C=C/C=C(\C)C2. The van der Waals surface area contributed by atoms with Crippen LogP contribution in [0.2, 0.25) is 5.02 Å². The van der Waals surface area contributed by atoms with Gasteiger partial charge in [0.1, 0.15) is 46.5 Å². The lowest BCUT2D eigenvalue weighted by atomic mass is 9.77. The number of thioether (sulfide) groups is 1. The molecule has 1 aromatic rings. The number of fused-ring (bicyclic) bond motifs is 5. The van der Waals surface area contributed by atoms with E-state index in [1.54, 1.807) is 45.2 Å². The van der Waals surface area contributed by atoms with Crippen LogP contribution in [0, 0.1) is 23.7 Å². The highest BCUT2D eigenvalue weighted by Gasteiger charge is 2.64. The second kappa shape index (κ2) is 22.3. The minimum absolute atomic E-state index is 0.0160. The number of aliphatic hydroxyl groups is 1. The highest BCUT2D eigenvalue weighted by molar-refractivity contribution is 8.00. The van der Waals surface area contributed by atoms with Gasteiger partial charge >= 0.3 is 12.1 Å². The smallest absolute Gasteiger partial charge is 0.409 e. The van der Waals surface area contributed by atoms with E-state index in [4.69, 9.17) is 35.3 Å². The molecule has 1 saturated carbocycles. The second-order valence-electron chi connectivity index (χ2n) is 19.8. The van der Waals surface area contributed by atoms with Crippen LogP contribution in [0.5, 0.6) is 5.75 Å². The highest BCUT2D eigenvalue weighted by atomic mass is 35.5. The van der Waals surface area contributed by atoms with Crippen molar-refractivity contribution in [1.82, 2.24) is 15.1 Å². The van der Waals surface area contributed by atoms with E-state index in [0.717, 1.165) is 36.8 Å². The molecule has 4 fully saturated rings. The number of carbonyl (C=O) groups is 7. The summed E-state index contributed by atoms with van der Waals surface area (Å²) >= 11 is 8.05. The number of methoxy groups -OCH3 is 2. The van der Waals surface area contributed by atoms with Gasteiger partial charge in [-0.2, -0.15) is 0 Å². The van der Waals surface area contributed by atoms with Crippen LogP contribution in [0.1, 0.15) is 98.5 Å². The fraction of sp³-hybridized carbons (Fsp3) is 0.660. The summed E-state index contributed by atoms with van der Waals surface area (Å²) in [5.74, 6) is -1.78. The summed E-state index contributed by atoms with van der Waals surface area (Å²) in [6, 6.07) is 2.43. The fourth-order valence-electron chi connectivity index (χ4n) is 10.0. The monoisotopic (exact) mass is 1000 g/mol. The Morgan fingerprint density at radius 3 is 2.41 bits per heavy atom. The van der Waals surface area contributed by atoms with Crippen molar-refractivity contribution in [3.8, 4) is 5.75 Å². The molecule has 19 heteroatoms. The second-order valence-corrected chi connectivity index (χ2v) is 21.5. The van der Waals surface area contributed by atoms with E-state index in [9.17, 15) is 38.7 Å². The van der Waals surface area contributed by atoms with Crippen LogP contribution in [-0.4, -0.2) is 144 Å². The van der Waals surface area contributed by atoms with E-state index in [1.807, 2.05) is 26.8 Å². The Morgan fingerprint density at radius 2 is 1.75 bits per heavy atom. The number of nitrogens with one attached hydrogen (secondary N) is 1. The van der Waals surface area contributed by atoms with Crippen molar-refractivity contribution in [2.75, 3.05) is 45.5 Å². The first-order valence-corrected chi connectivity index (χ1v) is 25.3. The van der Waals surface area contributed by atoms with Gasteiger partial charge in [-0.3, -0.25) is 34.2 Å². The number of likely N-dealkylation sites (N-methyl/N-ethyl adjacent to an activating group) is 1. The number of halogens is 1. The molecule has 17 nitrogen and oxygen atoms in total. The van der Waals surface area contributed by atoms with Gasteiger partial charge in [-0.15, -0.1) is 11.8 Å². The van der Waals surface area contributed by atoms with Crippen LogP contribution in [0.3, 0.4) is 0 Å². The number of epoxide rings is 1. The third-order valence-corrected chi connectivity index (χ3v) is 16.2. The summed E-state index contributed by atoms with van der Waals surface area (Å²) < 4.78 is 29.4. The first-order chi connectivity index (χ1) is 32.5. The molecule has 4 aliphatic heterocycles. The molecule has 380 valence electrons. The number of Topliss-reactive ketones (excluding diaryl/α,β-unsaturated/α-hetero) is 1. The van der Waals surface area contributed by atoms with Gasteiger partial charge in [0.05, 0.1) is 30.6 Å². The Hall–Kier alpha value is -4.49. The number of carbonyl (C=O) groups excluding carboxylic acids is 7. The van der Waals surface area contributed by atoms with Crippen molar-refractivity contribution in [2.45, 2.75) is 146 Å². The van der Waals surface area contributed by atoms with Gasteiger partial charge in [-0.05, 0) is 76.5 Å². The standard InChI is InChI=1S/C50H69ClN4O13S/c1-27(2)44(59)33-16-14-31(15-17-33)26-55-42(58)23-37(46(55)60)69-19-18-40(56)53(7)30(5)47(61)67-39-24-41(57)54(8)34-21-32(22-35(64-9)43(34)51)20-28(3)12-11-13-38(65-10)50(63)25-36(66-48(62)52-50)29(4)45-49(39,6)68-45/h11-13,21-22,27,29-31,33,36-39,45,63H,14-20,23-26H2,1-10H3,(H,52,62)/b13-11+,28-12+/t29-,30+,31-,33-,36+,37-,38-,39+,45+,49+,50+/m1/s1. The van der Waals surface area contributed by atoms with E-state index < -0.39 is 76.8 Å². The lowest BCUT2D eigenvalue weighted by molar-refractivity contribution is -0.162. The molecular weight excluding hydrogens is 932 g/mol. The van der Waals surface area contributed by atoms with Gasteiger partial charge in [-0.1, -0.05) is 56.2 Å². The van der Waals surface area contributed by atoms with Crippen LogP contribution < -0.4 is 15.0 Å². The summed E-state index contributed by atoms with van der Waals surface area (Å²) in [5, 5.41) is 13.9. The van der Waals surface area contributed by atoms with Crippen LogP contribution in [0.15, 0.2) is 35.9 Å². The predicted molar refractivity (Wildman–Crippen MR) is 258 cm³/mol. The third kappa shape index (κ3) is 12.2. The number of ether oxygens (including phenoxy) is 5. The maximum atomic E-state index is 14.3. The zero-order chi connectivity index (χ0) is 50.7. The summed E-state index contributed by atoms with van der Waals surface area (Å²) in [7, 11) is 5.91. The molecule has 5 amide bonds. The van der Waals surface area contributed by atoms with Gasteiger partial charge in [0.25, 0.3) is 0 Å². The minimum Gasteiger partial charge on any atom is -0.495 e. The number of rotatable bonds is 13. The molecule has 3 saturated heterocycles. The molecule has 2 N–H and O–H groups in total. The van der Waals surface area contributed by atoms with Crippen molar-refractivity contribution in [3.05, 3.63) is 46.5 Å². The predicted octanol–water partition coefficient (Wildman–Crippen LogP) is 5.80. The largest absolute Gasteiger partial charge is 0.495 e. The normalized spacial score (nSPS) is 32.6. The number of hydrogen-bond donors (Lipinski definition) is 2. The maximum absolute atomic E-state index is 14.3. The Balaban J connectivity index is 1.14. The first-order valence-electron chi connectivity index (χ1n) is 23.9. The molecule has 69 heavy (non-hydrogen) atoms. The molecule has 5 aliphatic rings. The molecule has 0 radical (unpaired) electrons. The number of nitrogens with zero attached hydrogens (tertiary/aromatic N) is 3. The minimum atomic E-state index is -1.87. The number of esters is 1. The van der Waals surface area contributed by atoms with Crippen LogP contribution >= 0.6 is 23.4 Å². The number of hydrogen-bond acceptors (Lipinski definition) is 14. The lowest BCUT2D eigenvalue weighted by Gasteiger charge is -2.42. The number of amides is 5. The molecule has 0 aromatic heterocycles. The Labute approximate surface area is 414 Å². The van der Waals surface area contributed by atoms with E-state index in [1.165, 1.54) is 54.7 Å². The average Bonchev–Trinajstić information content (AvgIpc) is 3.94. The zero-order valence-electron chi connectivity index (χ0n) is 41.4. The molecular formula is C50H69ClN4O13S. The third-order valence-electron chi connectivity index (χ3n) is 14.6. The molecule has 1 aromatic carbocycles. The Kier molecular flexibility index (Phi) is 17.4. The first kappa shape index (κ1) is 53.9. The number of likely N-dealkylation sites (tertiary alicyclic amines) is 1.